The molecule has 1 saturated carbocycles. The van der Waals surface area contributed by atoms with Crippen LogP contribution in [0.2, 0.25) is 0 Å². The minimum Gasteiger partial charge on any atom is -0.490 e. The summed E-state index contributed by atoms with van der Waals surface area (Å²) in [5.74, 6) is -0.0824. The summed E-state index contributed by atoms with van der Waals surface area (Å²) in [5, 5.41) is 2.75. The highest BCUT2D eigenvalue weighted by atomic mass is 35.5. The first kappa shape index (κ1) is 21.4. The maximum absolute atomic E-state index is 12.7. The lowest BCUT2D eigenvalue weighted by Crippen LogP contribution is -2.54. The molecule has 142 valence electrons. The van der Waals surface area contributed by atoms with Crippen LogP contribution in [-0.4, -0.2) is 24.7 Å². The van der Waals surface area contributed by atoms with E-state index in [-0.39, 0.29) is 36.4 Å². The molecule has 0 unspecified atom stereocenters. The quantitative estimate of drug-likeness (QED) is 0.762. The molecule has 1 aromatic rings. The second-order valence-electron chi connectivity index (χ2n) is 5.96. The van der Waals surface area contributed by atoms with E-state index in [0.29, 0.717) is 25.0 Å². The number of amides is 1. The Kier molecular flexibility index (Phi) is 8.38. The molecule has 0 radical (unpaired) electrons. The van der Waals surface area contributed by atoms with Crippen molar-refractivity contribution < 1.29 is 23.0 Å². The van der Waals surface area contributed by atoms with Crippen LogP contribution < -0.4 is 20.5 Å². The van der Waals surface area contributed by atoms with E-state index in [9.17, 15) is 13.6 Å². The Balaban J connectivity index is 0.00000312. The molecule has 0 aromatic heterocycles. The van der Waals surface area contributed by atoms with E-state index >= 15 is 0 Å². The summed E-state index contributed by atoms with van der Waals surface area (Å²) < 4.78 is 35.3. The Morgan fingerprint density at radius 1 is 1.32 bits per heavy atom. The summed E-state index contributed by atoms with van der Waals surface area (Å²) in [6.07, 6.45) is 4.19. The van der Waals surface area contributed by atoms with Gasteiger partial charge in [-0.3, -0.25) is 4.79 Å². The molecule has 0 aliphatic heterocycles. The van der Waals surface area contributed by atoms with Gasteiger partial charge in [0, 0.05) is 12.1 Å². The van der Waals surface area contributed by atoms with E-state index in [2.05, 4.69) is 10.1 Å². The van der Waals surface area contributed by atoms with Crippen LogP contribution in [0.25, 0.3) is 0 Å². The summed E-state index contributed by atoms with van der Waals surface area (Å²) in [7, 11) is 0. The molecular formula is C17H25ClF2N2O3. The van der Waals surface area contributed by atoms with Crippen LogP contribution in [0.3, 0.4) is 0 Å². The van der Waals surface area contributed by atoms with Crippen LogP contribution in [-0.2, 0) is 11.3 Å². The summed E-state index contributed by atoms with van der Waals surface area (Å²) in [4.78, 5) is 12.4. The lowest BCUT2D eigenvalue weighted by Gasteiger charge is -2.31. The number of rotatable bonds is 7. The molecule has 0 heterocycles. The monoisotopic (exact) mass is 378 g/mol. The van der Waals surface area contributed by atoms with Gasteiger partial charge in [-0.1, -0.05) is 31.4 Å². The molecule has 1 fully saturated rings. The van der Waals surface area contributed by atoms with Crippen molar-refractivity contribution in [2.24, 2.45) is 5.73 Å². The number of hydrogen-bond acceptors (Lipinski definition) is 4. The first-order valence-electron chi connectivity index (χ1n) is 8.23. The Morgan fingerprint density at radius 2 is 2.00 bits per heavy atom. The molecule has 1 aromatic carbocycles. The Bertz CT molecular complexity index is 567. The highest BCUT2D eigenvalue weighted by molar-refractivity contribution is 5.86. The molecule has 5 nitrogen and oxygen atoms in total. The molecule has 0 atom stereocenters. The van der Waals surface area contributed by atoms with Gasteiger partial charge in [-0.2, -0.15) is 8.78 Å². The zero-order valence-corrected chi connectivity index (χ0v) is 15.0. The third-order valence-corrected chi connectivity index (χ3v) is 4.20. The van der Waals surface area contributed by atoms with Gasteiger partial charge in [0.05, 0.1) is 12.1 Å². The number of carbonyl (C=O) groups excluding carboxylic acids is 1. The number of nitrogens with two attached hydrogens (primary N) is 1. The predicted octanol–water partition coefficient (Wildman–Crippen LogP) is 3.39. The predicted molar refractivity (Wildman–Crippen MR) is 93.3 cm³/mol. The van der Waals surface area contributed by atoms with Crippen molar-refractivity contribution in [3.63, 3.8) is 0 Å². The third kappa shape index (κ3) is 5.71. The number of nitrogens with one attached hydrogen (secondary N) is 1. The zero-order valence-electron chi connectivity index (χ0n) is 14.2. The van der Waals surface area contributed by atoms with Crippen LogP contribution in [0.1, 0.15) is 44.6 Å². The van der Waals surface area contributed by atoms with Crippen molar-refractivity contribution in [2.75, 3.05) is 6.61 Å². The largest absolute Gasteiger partial charge is 0.490 e. The van der Waals surface area contributed by atoms with Gasteiger partial charge in [0.2, 0.25) is 5.91 Å². The van der Waals surface area contributed by atoms with Crippen molar-refractivity contribution in [3.8, 4) is 11.5 Å². The molecule has 0 spiro atoms. The van der Waals surface area contributed by atoms with Gasteiger partial charge >= 0.3 is 6.61 Å². The molecule has 2 rings (SSSR count). The maximum Gasteiger partial charge on any atom is 0.387 e. The number of alkyl halides is 2. The fourth-order valence-electron chi connectivity index (χ4n) is 2.95. The summed E-state index contributed by atoms with van der Waals surface area (Å²) in [6.45, 7) is -0.843. The number of halogens is 3. The average Bonchev–Trinajstić information content (AvgIpc) is 2.55. The first-order chi connectivity index (χ1) is 11.5. The van der Waals surface area contributed by atoms with E-state index in [1.807, 2.05) is 0 Å². The highest BCUT2D eigenvalue weighted by Crippen LogP contribution is 2.33. The Hall–Kier alpha value is -1.60. The van der Waals surface area contributed by atoms with Crippen LogP contribution in [0.5, 0.6) is 11.5 Å². The summed E-state index contributed by atoms with van der Waals surface area (Å²) >= 11 is 0. The van der Waals surface area contributed by atoms with Gasteiger partial charge < -0.3 is 20.5 Å². The third-order valence-electron chi connectivity index (χ3n) is 4.20. The number of carbonyl (C=O) groups is 1. The van der Waals surface area contributed by atoms with Crippen LogP contribution in [0.4, 0.5) is 8.78 Å². The molecule has 1 aliphatic carbocycles. The van der Waals surface area contributed by atoms with Crippen molar-refractivity contribution >= 4 is 18.3 Å². The molecule has 0 bridgehead atoms. The van der Waals surface area contributed by atoms with Gasteiger partial charge in [-0.15, -0.1) is 12.4 Å². The normalized spacial score (nSPS) is 16.0. The highest BCUT2D eigenvalue weighted by Gasteiger charge is 2.35. The molecular weight excluding hydrogens is 354 g/mol. The molecule has 0 saturated heterocycles. The van der Waals surface area contributed by atoms with E-state index < -0.39 is 12.2 Å². The number of hydrogen-bond donors (Lipinski definition) is 2. The lowest BCUT2D eigenvalue weighted by atomic mass is 9.82. The minimum absolute atomic E-state index is 0. The first-order valence-corrected chi connectivity index (χ1v) is 8.23. The van der Waals surface area contributed by atoms with E-state index in [4.69, 9.17) is 10.5 Å². The van der Waals surface area contributed by atoms with Crippen LogP contribution in [0.15, 0.2) is 18.2 Å². The van der Waals surface area contributed by atoms with Gasteiger partial charge in [-0.05, 0) is 25.8 Å². The standard InChI is InChI=1S/C17H24F2N2O3.ClH/c1-2-23-13-8-6-7-12(14(13)24-16(18)19)11-21-15(22)17(20)9-4-3-5-10-17;/h6-8,16H,2-5,9-11,20H2,1H3,(H,21,22);1H. The van der Waals surface area contributed by atoms with Crippen molar-refractivity contribution in [2.45, 2.75) is 57.7 Å². The molecule has 3 N–H and O–H groups in total. The van der Waals surface area contributed by atoms with E-state index in [1.54, 1.807) is 25.1 Å². The number of ether oxygens (including phenoxy) is 2. The molecule has 1 amide bonds. The molecule has 8 heteroatoms. The van der Waals surface area contributed by atoms with Gasteiger partial charge in [0.15, 0.2) is 11.5 Å². The lowest BCUT2D eigenvalue weighted by molar-refractivity contribution is -0.127. The maximum atomic E-state index is 12.7. The van der Waals surface area contributed by atoms with Crippen molar-refractivity contribution in [1.82, 2.24) is 5.32 Å². The molecule has 25 heavy (non-hydrogen) atoms. The second kappa shape index (κ2) is 9.77. The molecule has 1 aliphatic rings. The van der Waals surface area contributed by atoms with Crippen LogP contribution >= 0.6 is 12.4 Å². The second-order valence-corrected chi connectivity index (χ2v) is 5.96. The van der Waals surface area contributed by atoms with Crippen LogP contribution in [0, 0.1) is 0 Å². The fourth-order valence-corrected chi connectivity index (χ4v) is 2.95. The summed E-state index contributed by atoms with van der Waals surface area (Å²) in [5.41, 5.74) is 5.72. The Labute approximate surface area is 152 Å². The van der Waals surface area contributed by atoms with Gasteiger partial charge in [0.25, 0.3) is 0 Å². The van der Waals surface area contributed by atoms with Gasteiger partial charge in [-0.25, -0.2) is 0 Å². The number of benzene rings is 1. The smallest absolute Gasteiger partial charge is 0.387 e. The van der Waals surface area contributed by atoms with E-state index in [0.717, 1.165) is 19.3 Å². The SMILES string of the molecule is CCOc1cccc(CNC(=O)C2(N)CCCCC2)c1OC(F)F.Cl. The number of para-hydroxylation sites is 1. The zero-order chi connectivity index (χ0) is 17.6. The average molecular weight is 379 g/mol. The van der Waals surface area contributed by atoms with Crippen molar-refractivity contribution in [1.29, 1.82) is 0 Å². The minimum atomic E-state index is -2.97. The summed E-state index contributed by atoms with van der Waals surface area (Å²) in [6, 6.07) is 4.84. The Morgan fingerprint density at radius 3 is 2.60 bits per heavy atom. The topological polar surface area (TPSA) is 73.6 Å². The fraction of sp³-hybridized carbons (Fsp3) is 0.588. The van der Waals surface area contributed by atoms with E-state index in [1.165, 1.54) is 0 Å². The van der Waals surface area contributed by atoms with Gasteiger partial charge in [0.1, 0.15) is 0 Å². The van der Waals surface area contributed by atoms with Crippen molar-refractivity contribution in [3.05, 3.63) is 23.8 Å².